The number of carbonyl (C=O) groups is 1. The minimum atomic E-state index is -3.85. The van der Waals surface area contributed by atoms with Crippen LogP contribution >= 0.6 is 11.6 Å². The number of halogens is 1. The molecular formula is C25H26ClN3O3S. The van der Waals surface area contributed by atoms with Gasteiger partial charge in [-0.2, -0.15) is 0 Å². The van der Waals surface area contributed by atoms with Crippen molar-refractivity contribution in [1.82, 2.24) is 10.2 Å². The molecule has 6 nitrogen and oxygen atoms in total. The Bertz CT molecular complexity index is 1190. The molecule has 2 N–H and O–H groups in total. The van der Waals surface area contributed by atoms with Crippen LogP contribution in [0.3, 0.4) is 0 Å². The first kappa shape index (κ1) is 23.3. The van der Waals surface area contributed by atoms with Gasteiger partial charge in [0.05, 0.1) is 16.1 Å². The van der Waals surface area contributed by atoms with Crippen LogP contribution in [0.5, 0.6) is 0 Å². The standard InChI is InChI=1S/C25H26ClN3O3S/c26-20-10-12-22(13-11-20)33(31,32)28-24-9-5-4-8-23(24)25(30)27-21-14-16-29(17-15-21)18-19-6-2-1-3-7-19/h1-13,21,28H,14-18H2,(H,27,30). The minimum absolute atomic E-state index is 0.0467. The predicted octanol–water partition coefficient (Wildman–Crippen LogP) is 4.54. The van der Waals surface area contributed by atoms with Crippen LogP contribution in [0.4, 0.5) is 5.69 Å². The van der Waals surface area contributed by atoms with Gasteiger partial charge in [0.25, 0.3) is 15.9 Å². The smallest absolute Gasteiger partial charge is 0.261 e. The van der Waals surface area contributed by atoms with Crippen LogP contribution in [0.15, 0.2) is 83.8 Å². The fourth-order valence-electron chi connectivity index (χ4n) is 3.93. The second-order valence-electron chi connectivity index (χ2n) is 8.11. The maximum Gasteiger partial charge on any atom is 0.261 e. The van der Waals surface area contributed by atoms with Crippen molar-refractivity contribution in [2.75, 3.05) is 17.8 Å². The van der Waals surface area contributed by atoms with Gasteiger partial charge >= 0.3 is 0 Å². The SMILES string of the molecule is O=C(NC1CCN(Cc2ccccc2)CC1)c1ccccc1NS(=O)(=O)c1ccc(Cl)cc1. The van der Waals surface area contributed by atoms with E-state index in [2.05, 4.69) is 27.1 Å². The van der Waals surface area contributed by atoms with Crippen LogP contribution in [0.25, 0.3) is 0 Å². The zero-order valence-electron chi connectivity index (χ0n) is 18.1. The number of carbonyl (C=O) groups excluding carboxylic acids is 1. The van der Waals surface area contributed by atoms with Crippen molar-refractivity contribution < 1.29 is 13.2 Å². The second-order valence-corrected chi connectivity index (χ2v) is 10.2. The first-order valence-corrected chi connectivity index (χ1v) is 12.7. The van der Waals surface area contributed by atoms with E-state index in [4.69, 9.17) is 11.6 Å². The highest BCUT2D eigenvalue weighted by Gasteiger charge is 2.23. The van der Waals surface area contributed by atoms with Gasteiger partial charge in [-0.25, -0.2) is 8.42 Å². The summed E-state index contributed by atoms with van der Waals surface area (Å²) in [5.41, 5.74) is 1.81. The van der Waals surface area contributed by atoms with Gasteiger partial charge in [0.1, 0.15) is 0 Å². The van der Waals surface area contributed by atoms with E-state index in [1.165, 1.54) is 29.8 Å². The zero-order chi connectivity index (χ0) is 23.3. The van der Waals surface area contributed by atoms with E-state index in [0.29, 0.717) is 10.6 Å². The van der Waals surface area contributed by atoms with Gasteiger partial charge in [-0.15, -0.1) is 0 Å². The Kier molecular flexibility index (Phi) is 7.33. The molecule has 8 heteroatoms. The second kappa shape index (κ2) is 10.4. The van der Waals surface area contributed by atoms with Gasteiger partial charge in [0.2, 0.25) is 0 Å². The first-order valence-electron chi connectivity index (χ1n) is 10.9. The number of likely N-dealkylation sites (tertiary alicyclic amines) is 1. The van der Waals surface area contributed by atoms with Crippen molar-refractivity contribution in [2.45, 2.75) is 30.3 Å². The van der Waals surface area contributed by atoms with Crippen molar-refractivity contribution in [3.63, 3.8) is 0 Å². The maximum absolute atomic E-state index is 13.0. The molecule has 1 aliphatic rings. The molecule has 33 heavy (non-hydrogen) atoms. The number of amides is 1. The number of nitrogens with zero attached hydrogens (tertiary/aromatic N) is 1. The Balaban J connectivity index is 1.38. The zero-order valence-corrected chi connectivity index (χ0v) is 19.6. The third-order valence-electron chi connectivity index (χ3n) is 5.71. The van der Waals surface area contributed by atoms with E-state index in [9.17, 15) is 13.2 Å². The summed E-state index contributed by atoms with van der Waals surface area (Å²) in [4.78, 5) is 15.5. The normalized spacial score (nSPS) is 15.2. The van der Waals surface area contributed by atoms with Crippen LogP contribution in [-0.4, -0.2) is 38.4 Å². The summed E-state index contributed by atoms with van der Waals surface area (Å²) in [6, 6.07) is 22.9. The molecule has 0 aromatic heterocycles. The summed E-state index contributed by atoms with van der Waals surface area (Å²) in [6.07, 6.45) is 1.69. The molecule has 1 aliphatic heterocycles. The quantitative estimate of drug-likeness (QED) is 0.517. The summed E-state index contributed by atoms with van der Waals surface area (Å²) < 4.78 is 28.1. The molecule has 3 aromatic rings. The lowest BCUT2D eigenvalue weighted by Crippen LogP contribution is -2.44. The number of nitrogens with one attached hydrogen (secondary N) is 2. The molecule has 0 atom stereocenters. The number of hydrogen-bond donors (Lipinski definition) is 2. The van der Waals surface area contributed by atoms with Gasteiger partial charge < -0.3 is 5.32 Å². The summed E-state index contributed by atoms with van der Waals surface area (Å²) >= 11 is 5.86. The Labute approximate surface area is 199 Å². The van der Waals surface area contributed by atoms with E-state index < -0.39 is 10.0 Å². The molecule has 0 radical (unpaired) electrons. The molecule has 0 saturated carbocycles. The Morgan fingerprint density at radius 2 is 1.55 bits per heavy atom. The summed E-state index contributed by atoms with van der Waals surface area (Å²) in [5, 5.41) is 3.52. The predicted molar refractivity (Wildman–Crippen MR) is 131 cm³/mol. The Morgan fingerprint density at radius 3 is 2.24 bits per heavy atom. The fourth-order valence-corrected chi connectivity index (χ4v) is 5.13. The topological polar surface area (TPSA) is 78.5 Å². The number of benzene rings is 3. The maximum atomic E-state index is 13.0. The summed E-state index contributed by atoms with van der Waals surface area (Å²) in [7, 11) is -3.85. The molecule has 172 valence electrons. The van der Waals surface area contributed by atoms with Gasteiger partial charge in [-0.3, -0.25) is 14.4 Å². The van der Waals surface area contributed by atoms with E-state index >= 15 is 0 Å². The first-order chi connectivity index (χ1) is 15.9. The number of para-hydroxylation sites is 1. The Morgan fingerprint density at radius 1 is 0.909 bits per heavy atom. The highest BCUT2D eigenvalue weighted by Crippen LogP contribution is 2.22. The molecule has 0 spiro atoms. The fraction of sp³-hybridized carbons (Fsp3) is 0.240. The average Bonchev–Trinajstić information content (AvgIpc) is 2.81. The van der Waals surface area contributed by atoms with Crippen LogP contribution < -0.4 is 10.0 Å². The van der Waals surface area contributed by atoms with Crippen LogP contribution in [-0.2, 0) is 16.6 Å². The average molecular weight is 484 g/mol. The van der Waals surface area contributed by atoms with Crippen molar-refractivity contribution >= 4 is 33.2 Å². The highest BCUT2D eigenvalue weighted by molar-refractivity contribution is 7.92. The molecule has 0 bridgehead atoms. The van der Waals surface area contributed by atoms with Crippen molar-refractivity contribution in [2.24, 2.45) is 0 Å². The van der Waals surface area contributed by atoms with Crippen LogP contribution in [0, 0.1) is 0 Å². The lowest BCUT2D eigenvalue weighted by atomic mass is 10.0. The molecule has 1 fully saturated rings. The van der Waals surface area contributed by atoms with Gasteiger partial charge in [-0.1, -0.05) is 54.1 Å². The van der Waals surface area contributed by atoms with E-state index in [1.54, 1.807) is 24.3 Å². The van der Waals surface area contributed by atoms with Crippen LogP contribution in [0.1, 0.15) is 28.8 Å². The van der Waals surface area contributed by atoms with Gasteiger partial charge in [0.15, 0.2) is 0 Å². The molecule has 3 aromatic carbocycles. The lowest BCUT2D eigenvalue weighted by molar-refractivity contribution is 0.0910. The molecule has 1 saturated heterocycles. The van der Waals surface area contributed by atoms with Gasteiger partial charge in [0, 0.05) is 30.7 Å². The number of rotatable bonds is 7. The number of hydrogen-bond acceptors (Lipinski definition) is 4. The van der Waals surface area contributed by atoms with E-state index in [1.807, 2.05) is 18.2 Å². The van der Waals surface area contributed by atoms with Crippen molar-refractivity contribution in [3.8, 4) is 0 Å². The lowest BCUT2D eigenvalue weighted by Gasteiger charge is -2.32. The molecule has 4 rings (SSSR count). The van der Waals surface area contributed by atoms with Crippen molar-refractivity contribution in [3.05, 3.63) is 95.0 Å². The molecule has 0 aliphatic carbocycles. The van der Waals surface area contributed by atoms with Gasteiger partial charge in [-0.05, 0) is 54.8 Å². The molecule has 1 amide bonds. The molecular weight excluding hydrogens is 458 g/mol. The Hall–Kier alpha value is -2.87. The minimum Gasteiger partial charge on any atom is -0.349 e. The summed E-state index contributed by atoms with van der Waals surface area (Å²) in [5.74, 6) is -0.286. The highest BCUT2D eigenvalue weighted by atomic mass is 35.5. The third-order valence-corrected chi connectivity index (χ3v) is 7.35. The largest absolute Gasteiger partial charge is 0.349 e. The van der Waals surface area contributed by atoms with Crippen LogP contribution in [0.2, 0.25) is 5.02 Å². The van der Waals surface area contributed by atoms with E-state index in [-0.39, 0.29) is 22.5 Å². The molecule has 0 unspecified atom stereocenters. The number of anilines is 1. The van der Waals surface area contributed by atoms with E-state index in [0.717, 1.165) is 32.5 Å². The monoisotopic (exact) mass is 483 g/mol. The summed E-state index contributed by atoms with van der Waals surface area (Å²) in [6.45, 7) is 2.69. The molecule has 1 heterocycles. The third kappa shape index (κ3) is 6.13. The number of sulfonamides is 1. The van der Waals surface area contributed by atoms with Crippen molar-refractivity contribution in [1.29, 1.82) is 0 Å². The number of piperidine rings is 1.